The number of halogens is 1. The number of aromatic nitrogens is 4. The number of ether oxygens (including phenoxy) is 1. The molecule has 0 bridgehead atoms. The molecule has 0 atom stereocenters. The van der Waals surface area contributed by atoms with Gasteiger partial charge in [0.25, 0.3) is 0 Å². The van der Waals surface area contributed by atoms with Crippen molar-refractivity contribution in [2.45, 2.75) is 13.0 Å². The van der Waals surface area contributed by atoms with Gasteiger partial charge in [-0.05, 0) is 18.6 Å². The molecule has 0 fully saturated rings. The number of nitrogen functional groups attached to an aromatic ring is 1. The molecule has 0 spiro atoms. The van der Waals surface area contributed by atoms with E-state index >= 15 is 0 Å². The van der Waals surface area contributed by atoms with E-state index in [1.165, 1.54) is 18.5 Å². The molecule has 108 valence electrons. The Morgan fingerprint density at radius 2 is 2.14 bits per heavy atom. The minimum atomic E-state index is -0.305. The summed E-state index contributed by atoms with van der Waals surface area (Å²) >= 11 is 0. The van der Waals surface area contributed by atoms with Gasteiger partial charge in [0.2, 0.25) is 0 Å². The summed E-state index contributed by atoms with van der Waals surface area (Å²) in [5, 5.41) is 0. The second kappa shape index (κ2) is 5.74. The predicted octanol–water partition coefficient (Wildman–Crippen LogP) is 2.02. The average Bonchev–Trinajstić information content (AvgIpc) is 2.88. The normalized spacial score (nSPS) is 10.9. The SMILES string of the molecule is Nc1ncnc2c1ncn2CCCOc1cccc(F)c1. The Morgan fingerprint density at radius 3 is 3.00 bits per heavy atom. The van der Waals surface area contributed by atoms with Crippen molar-refractivity contribution < 1.29 is 9.13 Å². The largest absolute Gasteiger partial charge is 0.493 e. The molecule has 0 saturated carbocycles. The third-order valence-corrected chi connectivity index (χ3v) is 3.04. The van der Waals surface area contributed by atoms with Crippen LogP contribution < -0.4 is 10.5 Å². The monoisotopic (exact) mass is 287 g/mol. The molecule has 0 aliphatic heterocycles. The second-order valence-electron chi connectivity index (χ2n) is 4.53. The number of benzene rings is 1. The minimum absolute atomic E-state index is 0.305. The highest BCUT2D eigenvalue weighted by Gasteiger charge is 2.07. The van der Waals surface area contributed by atoms with Crippen molar-refractivity contribution in [3.05, 3.63) is 42.7 Å². The highest BCUT2D eigenvalue weighted by molar-refractivity contribution is 5.80. The standard InChI is InChI=1S/C14H14FN5O/c15-10-3-1-4-11(7-10)21-6-2-5-20-9-19-12-13(16)17-8-18-14(12)20/h1,3-4,7-9H,2,5-6H2,(H2,16,17,18). The number of hydrogen-bond donors (Lipinski definition) is 1. The lowest BCUT2D eigenvalue weighted by Gasteiger charge is -2.07. The second-order valence-corrected chi connectivity index (χ2v) is 4.53. The number of aryl methyl sites for hydroxylation is 1. The van der Waals surface area contributed by atoms with Gasteiger partial charge < -0.3 is 15.0 Å². The molecular weight excluding hydrogens is 273 g/mol. The van der Waals surface area contributed by atoms with Crippen LogP contribution in [0.1, 0.15) is 6.42 Å². The van der Waals surface area contributed by atoms with Crippen LogP contribution in [0, 0.1) is 5.82 Å². The van der Waals surface area contributed by atoms with Gasteiger partial charge in [0.15, 0.2) is 11.5 Å². The van der Waals surface area contributed by atoms with Crippen molar-refractivity contribution >= 4 is 17.0 Å². The van der Waals surface area contributed by atoms with Crippen molar-refractivity contribution in [1.82, 2.24) is 19.5 Å². The van der Waals surface area contributed by atoms with Crippen LogP contribution in [0.15, 0.2) is 36.9 Å². The van der Waals surface area contributed by atoms with E-state index in [0.717, 1.165) is 6.42 Å². The zero-order valence-corrected chi connectivity index (χ0v) is 11.2. The summed E-state index contributed by atoms with van der Waals surface area (Å²) < 4.78 is 20.4. The van der Waals surface area contributed by atoms with Gasteiger partial charge in [-0.3, -0.25) is 0 Å². The highest BCUT2D eigenvalue weighted by atomic mass is 19.1. The molecule has 0 aliphatic carbocycles. The first-order valence-corrected chi connectivity index (χ1v) is 6.54. The number of fused-ring (bicyclic) bond motifs is 1. The fraction of sp³-hybridized carbons (Fsp3) is 0.214. The van der Waals surface area contributed by atoms with Crippen molar-refractivity contribution in [3.8, 4) is 5.75 Å². The molecule has 0 saturated heterocycles. The maximum atomic E-state index is 13.0. The van der Waals surface area contributed by atoms with Crippen molar-refractivity contribution in [1.29, 1.82) is 0 Å². The molecule has 0 amide bonds. The summed E-state index contributed by atoms with van der Waals surface area (Å²) in [7, 11) is 0. The van der Waals surface area contributed by atoms with E-state index in [9.17, 15) is 4.39 Å². The Morgan fingerprint density at radius 1 is 1.24 bits per heavy atom. The summed E-state index contributed by atoms with van der Waals surface area (Å²) in [6.07, 6.45) is 3.84. The summed E-state index contributed by atoms with van der Waals surface area (Å²) in [6.45, 7) is 1.16. The molecule has 0 unspecified atom stereocenters. The minimum Gasteiger partial charge on any atom is -0.493 e. The maximum absolute atomic E-state index is 13.0. The molecule has 7 heteroatoms. The Kier molecular flexibility index (Phi) is 3.63. The van der Waals surface area contributed by atoms with E-state index in [4.69, 9.17) is 10.5 Å². The van der Waals surface area contributed by atoms with E-state index < -0.39 is 0 Å². The topological polar surface area (TPSA) is 78.9 Å². The first kappa shape index (κ1) is 13.3. The third kappa shape index (κ3) is 2.91. The molecule has 2 N–H and O–H groups in total. The van der Waals surface area contributed by atoms with E-state index in [1.54, 1.807) is 18.5 Å². The Labute approximate surface area is 120 Å². The molecule has 0 aliphatic rings. The first-order chi connectivity index (χ1) is 10.2. The fourth-order valence-corrected chi connectivity index (χ4v) is 2.04. The van der Waals surface area contributed by atoms with Gasteiger partial charge in [-0.1, -0.05) is 6.07 Å². The molecular formula is C14H14FN5O. The smallest absolute Gasteiger partial charge is 0.165 e. The number of nitrogens with zero attached hydrogens (tertiary/aromatic N) is 4. The molecule has 2 heterocycles. The predicted molar refractivity (Wildman–Crippen MR) is 76.2 cm³/mol. The number of imidazole rings is 1. The van der Waals surface area contributed by atoms with Gasteiger partial charge in [-0.25, -0.2) is 19.3 Å². The number of rotatable bonds is 5. The molecule has 0 radical (unpaired) electrons. The highest BCUT2D eigenvalue weighted by Crippen LogP contribution is 2.15. The van der Waals surface area contributed by atoms with E-state index in [0.29, 0.717) is 35.9 Å². The zero-order chi connectivity index (χ0) is 14.7. The number of anilines is 1. The first-order valence-electron chi connectivity index (χ1n) is 6.54. The average molecular weight is 287 g/mol. The molecule has 3 aromatic rings. The molecule has 3 rings (SSSR count). The lowest BCUT2D eigenvalue weighted by atomic mass is 10.3. The molecule has 1 aromatic carbocycles. The lowest BCUT2D eigenvalue weighted by Crippen LogP contribution is -2.05. The van der Waals surface area contributed by atoms with Crippen LogP contribution >= 0.6 is 0 Å². The Balaban J connectivity index is 1.59. The van der Waals surface area contributed by atoms with Crippen LogP contribution in [-0.2, 0) is 6.54 Å². The molecule has 6 nitrogen and oxygen atoms in total. The fourth-order valence-electron chi connectivity index (χ4n) is 2.04. The Bertz CT molecular complexity index is 758. The van der Waals surface area contributed by atoms with Crippen molar-refractivity contribution in [3.63, 3.8) is 0 Å². The quantitative estimate of drug-likeness (QED) is 0.726. The van der Waals surface area contributed by atoms with Gasteiger partial charge in [-0.15, -0.1) is 0 Å². The van der Waals surface area contributed by atoms with E-state index in [2.05, 4.69) is 15.0 Å². The summed E-state index contributed by atoms with van der Waals surface area (Å²) in [5.74, 6) is 0.590. The zero-order valence-electron chi connectivity index (χ0n) is 11.2. The number of nitrogens with two attached hydrogens (primary N) is 1. The van der Waals surface area contributed by atoms with Crippen molar-refractivity contribution in [2.75, 3.05) is 12.3 Å². The lowest BCUT2D eigenvalue weighted by molar-refractivity contribution is 0.301. The van der Waals surface area contributed by atoms with Crippen LogP contribution in [0.2, 0.25) is 0 Å². The summed E-state index contributed by atoms with van der Waals surface area (Å²) in [5.41, 5.74) is 7.03. The van der Waals surface area contributed by atoms with Gasteiger partial charge in [0, 0.05) is 12.6 Å². The van der Waals surface area contributed by atoms with Gasteiger partial charge >= 0.3 is 0 Å². The summed E-state index contributed by atoms with van der Waals surface area (Å²) in [4.78, 5) is 12.3. The van der Waals surface area contributed by atoms with Crippen LogP contribution in [0.25, 0.3) is 11.2 Å². The van der Waals surface area contributed by atoms with Crippen LogP contribution in [0.5, 0.6) is 5.75 Å². The molecule has 2 aromatic heterocycles. The summed E-state index contributed by atoms with van der Waals surface area (Å²) in [6, 6.07) is 6.09. The van der Waals surface area contributed by atoms with E-state index in [1.807, 2.05) is 4.57 Å². The number of hydrogen-bond acceptors (Lipinski definition) is 5. The van der Waals surface area contributed by atoms with Crippen LogP contribution in [-0.4, -0.2) is 26.1 Å². The van der Waals surface area contributed by atoms with Gasteiger partial charge in [0.1, 0.15) is 23.4 Å². The van der Waals surface area contributed by atoms with E-state index in [-0.39, 0.29) is 5.82 Å². The maximum Gasteiger partial charge on any atom is 0.165 e. The third-order valence-electron chi connectivity index (χ3n) is 3.04. The van der Waals surface area contributed by atoms with Gasteiger partial charge in [0.05, 0.1) is 12.9 Å². The molecule has 21 heavy (non-hydrogen) atoms. The van der Waals surface area contributed by atoms with Crippen LogP contribution in [0.4, 0.5) is 10.2 Å². The van der Waals surface area contributed by atoms with Crippen molar-refractivity contribution in [2.24, 2.45) is 0 Å². The Hall–Kier alpha value is -2.70. The van der Waals surface area contributed by atoms with Gasteiger partial charge in [-0.2, -0.15) is 0 Å². The van der Waals surface area contributed by atoms with Crippen LogP contribution in [0.3, 0.4) is 0 Å².